The number of hydrogen-bond acceptors (Lipinski definition) is 5. The molecule has 1 fully saturated rings. The number of hydrogen-bond donors (Lipinski definition) is 2. The molecule has 1 atom stereocenters. The smallest absolute Gasteiger partial charge is 0.336 e. The second kappa shape index (κ2) is 7.63. The Morgan fingerprint density at radius 1 is 1.13 bits per heavy atom. The highest BCUT2D eigenvalue weighted by Gasteiger charge is 2.33. The van der Waals surface area contributed by atoms with E-state index < -0.39 is 27.9 Å². The van der Waals surface area contributed by atoms with Crippen molar-refractivity contribution in [3.63, 3.8) is 0 Å². The van der Waals surface area contributed by atoms with E-state index >= 15 is 0 Å². The quantitative estimate of drug-likeness (QED) is 0.760. The molecule has 2 aliphatic rings. The van der Waals surface area contributed by atoms with E-state index in [1.54, 1.807) is 6.07 Å². The Balaban J connectivity index is 1.77. The van der Waals surface area contributed by atoms with E-state index in [-0.39, 0.29) is 36.4 Å². The number of aromatic carboxylic acids is 1. The number of piperidine rings is 1. The fourth-order valence-corrected chi connectivity index (χ4v) is 5.99. The molecule has 1 saturated heterocycles. The van der Waals surface area contributed by atoms with E-state index in [0.717, 1.165) is 12.1 Å². The molecular weight excluding hydrogens is 408 g/mol. The van der Waals surface area contributed by atoms with Gasteiger partial charge in [0.25, 0.3) is 0 Å². The lowest BCUT2D eigenvalue weighted by Gasteiger charge is -2.29. The number of aromatic nitrogens is 1. The number of aryl methyl sites for hydroxylation is 1. The molecule has 0 bridgehead atoms. The third kappa shape index (κ3) is 3.56. The van der Waals surface area contributed by atoms with Gasteiger partial charge >= 0.3 is 11.9 Å². The second-order valence-electron chi connectivity index (χ2n) is 8.26. The van der Waals surface area contributed by atoms with Gasteiger partial charge in [-0.25, -0.2) is 13.2 Å². The number of carbonyl (C=O) groups is 2. The summed E-state index contributed by atoms with van der Waals surface area (Å²) < 4.78 is 27.6. The maximum Gasteiger partial charge on any atom is 0.336 e. The van der Waals surface area contributed by atoms with Gasteiger partial charge in [-0.2, -0.15) is 4.31 Å². The standard InChI is InChI=1S/C21H24N2O6S/c1-12-2-4-17-15(10-12)19(21(26)27)16-11-14(3-5-18(16)22-17)30(28,29)23-8-6-13(7-9-23)20(24)25/h3,5,11-13H,2,4,6-10H2,1H3,(H,24,25)(H,26,27)/t12-/m0/s1. The number of nitrogens with zero attached hydrogens (tertiary/aromatic N) is 2. The summed E-state index contributed by atoms with van der Waals surface area (Å²) in [6.07, 6.45) is 2.79. The zero-order valence-corrected chi connectivity index (χ0v) is 17.5. The van der Waals surface area contributed by atoms with Crippen molar-refractivity contribution in [3.05, 3.63) is 35.0 Å². The average Bonchev–Trinajstić information content (AvgIpc) is 2.71. The highest BCUT2D eigenvalue weighted by Crippen LogP contribution is 2.33. The second-order valence-corrected chi connectivity index (χ2v) is 10.2. The van der Waals surface area contributed by atoms with Crippen LogP contribution < -0.4 is 0 Å². The van der Waals surface area contributed by atoms with Crippen LogP contribution in [-0.4, -0.2) is 52.9 Å². The third-order valence-corrected chi connectivity index (χ3v) is 8.12. The SMILES string of the molecule is C[C@H]1CCc2nc3ccc(S(=O)(=O)N4CCC(C(=O)O)CC4)cc3c(C(=O)O)c2C1. The zero-order valence-electron chi connectivity index (χ0n) is 16.7. The molecule has 1 aromatic heterocycles. The highest BCUT2D eigenvalue weighted by atomic mass is 32.2. The Bertz CT molecular complexity index is 1140. The summed E-state index contributed by atoms with van der Waals surface area (Å²) in [5, 5.41) is 19.4. The maximum absolute atomic E-state index is 13.1. The number of carboxylic acid groups (broad SMARTS) is 2. The summed E-state index contributed by atoms with van der Waals surface area (Å²) in [7, 11) is -3.86. The fraction of sp³-hybridized carbons (Fsp3) is 0.476. The van der Waals surface area contributed by atoms with Gasteiger partial charge in [-0.15, -0.1) is 0 Å². The Kier molecular flexibility index (Phi) is 5.27. The van der Waals surface area contributed by atoms with Gasteiger partial charge in [-0.1, -0.05) is 6.92 Å². The number of fused-ring (bicyclic) bond motifs is 2. The summed E-state index contributed by atoms with van der Waals surface area (Å²) in [5.74, 6) is -2.18. The number of rotatable bonds is 4. The molecule has 0 amide bonds. The molecule has 1 aromatic carbocycles. The van der Waals surface area contributed by atoms with Crippen molar-refractivity contribution in [2.45, 2.75) is 43.9 Å². The monoisotopic (exact) mass is 432 g/mol. The number of carboxylic acids is 2. The third-order valence-electron chi connectivity index (χ3n) is 6.22. The Hall–Kier alpha value is -2.52. The molecule has 30 heavy (non-hydrogen) atoms. The van der Waals surface area contributed by atoms with E-state index in [2.05, 4.69) is 11.9 Å². The van der Waals surface area contributed by atoms with Crippen LogP contribution in [0.1, 0.15) is 47.8 Å². The summed E-state index contributed by atoms with van der Waals surface area (Å²) in [6, 6.07) is 4.43. The van der Waals surface area contributed by atoms with E-state index in [4.69, 9.17) is 5.11 Å². The van der Waals surface area contributed by atoms with Crippen LogP contribution in [0.2, 0.25) is 0 Å². The predicted octanol–water partition coefficient (Wildman–Crippen LogP) is 2.54. The first-order chi connectivity index (χ1) is 14.2. The van der Waals surface area contributed by atoms with Crippen LogP contribution in [0.15, 0.2) is 23.1 Å². The largest absolute Gasteiger partial charge is 0.481 e. The summed E-state index contributed by atoms with van der Waals surface area (Å²) in [6.45, 7) is 2.33. The lowest BCUT2D eigenvalue weighted by Crippen LogP contribution is -2.40. The Morgan fingerprint density at radius 2 is 1.83 bits per heavy atom. The molecule has 160 valence electrons. The molecule has 8 nitrogen and oxygen atoms in total. The van der Waals surface area contributed by atoms with Crippen molar-refractivity contribution in [2.75, 3.05) is 13.1 Å². The van der Waals surface area contributed by atoms with Crippen molar-refractivity contribution in [2.24, 2.45) is 11.8 Å². The normalized spacial score (nSPS) is 20.8. The van der Waals surface area contributed by atoms with Gasteiger partial charge in [0.15, 0.2) is 0 Å². The molecule has 0 spiro atoms. The zero-order chi connectivity index (χ0) is 21.6. The minimum absolute atomic E-state index is 0.0110. The molecule has 0 radical (unpaired) electrons. The molecule has 0 unspecified atom stereocenters. The van der Waals surface area contributed by atoms with Gasteiger partial charge in [0, 0.05) is 24.2 Å². The molecule has 2 N–H and O–H groups in total. The van der Waals surface area contributed by atoms with Crippen molar-refractivity contribution in [3.8, 4) is 0 Å². The molecule has 1 aliphatic heterocycles. The first-order valence-electron chi connectivity index (χ1n) is 10.1. The van der Waals surface area contributed by atoms with Gasteiger partial charge in [-0.3, -0.25) is 9.78 Å². The van der Waals surface area contributed by atoms with Crippen molar-refractivity contribution in [1.82, 2.24) is 9.29 Å². The topological polar surface area (TPSA) is 125 Å². The molecule has 9 heteroatoms. The fourth-order valence-electron chi connectivity index (χ4n) is 4.49. The van der Waals surface area contributed by atoms with Crippen LogP contribution in [0.25, 0.3) is 10.9 Å². The number of pyridine rings is 1. The van der Waals surface area contributed by atoms with Crippen LogP contribution in [0.4, 0.5) is 0 Å². The van der Waals surface area contributed by atoms with Crippen LogP contribution in [-0.2, 0) is 27.7 Å². The number of benzene rings is 1. The van der Waals surface area contributed by atoms with Gasteiger partial charge in [0.2, 0.25) is 10.0 Å². The molecular formula is C21H24N2O6S. The minimum Gasteiger partial charge on any atom is -0.481 e. The number of aliphatic carboxylic acids is 1. The summed E-state index contributed by atoms with van der Waals surface area (Å²) >= 11 is 0. The minimum atomic E-state index is -3.86. The summed E-state index contributed by atoms with van der Waals surface area (Å²) in [5.41, 5.74) is 2.10. The van der Waals surface area contributed by atoms with Gasteiger partial charge < -0.3 is 10.2 Å². The molecule has 2 heterocycles. The molecule has 2 aromatic rings. The molecule has 0 saturated carbocycles. The summed E-state index contributed by atoms with van der Waals surface area (Å²) in [4.78, 5) is 27.9. The van der Waals surface area contributed by atoms with E-state index in [0.29, 0.717) is 35.2 Å². The Morgan fingerprint density at radius 3 is 2.47 bits per heavy atom. The van der Waals surface area contributed by atoms with Crippen LogP contribution >= 0.6 is 0 Å². The lowest BCUT2D eigenvalue weighted by atomic mass is 9.84. The first-order valence-corrected chi connectivity index (χ1v) is 11.5. The average molecular weight is 432 g/mol. The molecule has 4 rings (SSSR count). The van der Waals surface area contributed by atoms with Crippen LogP contribution in [0.5, 0.6) is 0 Å². The van der Waals surface area contributed by atoms with Gasteiger partial charge in [0.1, 0.15) is 0 Å². The van der Waals surface area contributed by atoms with Crippen LogP contribution in [0.3, 0.4) is 0 Å². The Labute approximate surface area is 174 Å². The maximum atomic E-state index is 13.1. The van der Waals surface area contributed by atoms with E-state index in [1.165, 1.54) is 16.4 Å². The number of sulfonamides is 1. The first kappa shape index (κ1) is 20.7. The van der Waals surface area contributed by atoms with Crippen LogP contribution in [0, 0.1) is 11.8 Å². The lowest BCUT2D eigenvalue weighted by molar-refractivity contribution is -0.142. The highest BCUT2D eigenvalue weighted by molar-refractivity contribution is 7.89. The molecule has 1 aliphatic carbocycles. The van der Waals surface area contributed by atoms with Crippen molar-refractivity contribution >= 4 is 32.9 Å². The van der Waals surface area contributed by atoms with Crippen molar-refractivity contribution < 1.29 is 28.2 Å². The predicted molar refractivity (Wildman–Crippen MR) is 109 cm³/mol. The van der Waals surface area contributed by atoms with E-state index in [9.17, 15) is 23.1 Å². The van der Waals surface area contributed by atoms with Gasteiger partial charge in [0.05, 0.1) is 21.9 Å². The van der Waals surface area contributed by atoms with Gasteiger partial charge in [-0.05, 0) is 61.8 Å². The van der Waals surface area contributed by atoms with E-state index in [1.807, 2.05) is 0 Å². The van der Waals surface area contributed by atoms with Crippen molar-refractivity contribution in [1.29, 1.82) is 0 Å².